The maximum atomic E-state index is 12.4. The molecule has 0 radical (unpaired) electrons. The topological polar surface area (TPSA) is 83.8 Å². The molecule has 0 saturated heterocycles. The highest BCUT2D eigenvalue weighted by atomic mass is 32.1. The standard InChI is InChI=1S/C15H13N3O4S/c1-16(7-10-5-6-23-8-10)9-17-14(19)11-3-2-4-12(18(21)22)13(11)15(17)20/h2-6,8H,7,9H2,1H3. The van der Waals surface area contributed by atoms with Gasteiger partial charge in [-0.05, 0) is 35.5 Å². The van der Waals surface area contributed by atoms with Gasteiger partial charge in [0.25, 0.3) is 17.5 Å². The summed E-state index contributed by atoms with van der Waals surface area (Å²) in [6, 6.07) is 6.07. The Morgan fingerprint density at radius 1 is 1.26 bits per heavy atom. The van der Waals surface area contributed by atoms with Gasteiger partial charge in [0, 0.05) is 12.6 Å². The Morgan fingerprint density at radius 2 is 2.04 bits per heavy atom. The third-order valence-corrected chi connectivity index (χ3v) is 4.32. The normalized spacial score (nSPS) is 13.7. The third kappa shape index (κ3) is 2.73. The van der Waals surface area contributed by atoms with Gasteiger partial charge in [0.1, 0.15) is 5.56 Å². The van der Waals surface area contributed by atoms with Crippen LogP contribution in [0, 0.1) is 10.1 Å². The molecule has 0 fully saturated rings. The van der Waals surface area contributed by atoms with Crippen molar-refractivity contribution in [3.8, 4) is 0 Å². The number of rotatable bonds is 5. The minimum atomic E-state index is -0.636. The van der Waals surface area contributed by atoms with Crippen molar-refractivity contribution in [3.63, 3.8) is 0 Å². The second-order valence-electron chi connectivity index (χ2n) is 5.28. The Morgan fingerprint density at radius 3 is 2.70 bits per heavy atom. The van der Waals surface area contributed by atoms with Gasteiger partial charge in [-0.15, -0.1) is 0 Å². The first kappa shape index (κ1) is 15.3. The Hall–Kier alpha value is -2.58. The van der Waals surface area contributed by atoms with Crippen LogP contribution in [0.1, 0.15) is 26.3 Å². The van der Waals surface area contributed by atoms with Crippen molar-refractivity contribution in [2.24, 2.45) is 0 Å². The van der Waals surface area contributed by atoms with Gasteiger partial charge in [0.15, 0.2) is 0 Å². The summed E-state index contributed by atoms with van der Waals surface area (Å²) >= 11 is 1.57. The Bertz CT molecular complexity index is 788. The van der Waals surface area contributed by atoms with E-state index in [-0.39, 0.29) is 23.5 Å². The molecule has 0 atom stereocenters. The fourth-order valence-corrected chi connectivity index (χ4v) is 3.24. The number of hydrogen-bond acceptors (Lipinski definition) is 6. The van der Waals surface area contributed by atoms with E-state index in [0.29, 0.717) is 6.54 Å². The van der Waals surface area contributed by atoms with Gasteiger partial charge in [0.05, 0.1) is 17.2 Å². The largest absolute Gasteiger partial charge is 0.284 e. The van der Waals surface area contributed by atoms with Gasteiger partial charge in [-0.3, -0.25) is 29.5 Å². The molecule has 2 heterocycles. The molecular formula is C15H13N3O4S. The average molecular weight is 331 g/mol. The van der Waals surface area contributed by atoms with Crippen molar-refractivity contribution < 1.29 is 14.5 Å². The monoisotopic (exact) mass is 331 g/mol. The molecule has 118 valence electrons. The maximum absolute atomic E-state index is 12.4. The van der Waals surface area contributed by atoms with Crippen LogP contribution in [0.3, 0.4) is 0 Å². The van der Waals surface area contributed by atoms with Crippen molar-refractivity contribution in [1.82, 2.24) is 9.80 Å². The first-order valence-corrected chi connectivity index (χ1v) is 7.76. The maximum Gasteiger partial charge on any atom is 0.282 e. The van der Waals surface area contributed by atoms with E-state index >= 15 is 0 Å². The van der Waals surface area contributed by atoms with Crippen LogP contribution < -0.4 is 0 Å². The number of nitro groups is 1. The number of fused-ring (bicyclic) bond motifs is 1. The zero-order valence-electron chi connectivity index (χ0n) is 12.3. The number of carbonyl (C=O) groups is 2. The van der Waals surface area contributed by atoms with E-state index in [1.807, 2.05) is 21.7 Å². The highest BCUT2D eigenvalue weighted by molar-refractivity contribution is 7.07. The molecule has 3 rings (SSSR count). The van der Waals surface area contributed by atoms with Crippen molar-refractivity contribution in [2.75, 3.05) is 13.7 Å². The molecule has 0 spiro atoms. The number of amides is 2. The molecule has 0 saturated carbocycles. The summed E-state index contributed by atoms with van der Waals surface area (Å²) in [5, 5.41) is 15.0. The first-order valence-electron chi connectivity index (χ1n) is 6.82. The zero-order valence-corrected chi connectivity index (χ0v) is 13.1. The molecule has 1 aromatic heterocycles. The number of nitrogens with zero attached hydrogens (tertiary/aromatic N) is 3. The lowest BCUT2D eigenvalue weighted by Gasteiger charge is -2.22. The van der Waals surface area contributed by atoms with E-state index in [1.165, 1.54) is 18.2 Å². The van der Waals surface area contributed by atoms with E-state index in [4.69, 9.17) is 0 Å². The van der Waals surface area contributed by atoms with Crippen molar-refractivity contribution in [2.45, 2.75) is 6.54 Å². The highest BCUT2D eigenvalue weighted by Gasteiger charge is 2.41. The summed E-state index contributed by atoms with van der Waals surface area (Å²) in [6.07, 6.45) is 0. The number of imide groups is 1. The lowest BCUT2D eigenvalue weighted by molar-refractivity contribution is -0.385. The van der Waals surface area contributed by atoms with Crippen LogP contribution in [0.5, 0.6) is 0 Å². The lowest BCUT2D eigenvalue weighted by Crippen LogP contribution is -2.39. The fraction of sp³-hybridized carbons (Fsp3) is 0.200. The molecule has 1 aromatic carbocycles. The summed E-state index contributed by atoms with van der Waals surface area (Å²) < 4.78 is 0. The number of carbonyl (C=O) groups excluding carboxylic acids is 2. The van der Waals surface area contributed by atoms with Gasteiger partial charge in [-0.2, -0.15) is 11.3 Å². The van der Waals surface area contributed by atoms with Crippen LogP contribution >= 0.6 is 11.3 Å². The number of hydrogen-bond donors (Lipinski definition) is 0. The fourth-order valence-electron chi connectivity index (χ4n) is 2.58. The smallest absolute Gasteiger partial charge is 0.282 e. The molecule has 1 aliphatic rings. The lowest BCUT2D eigenvalue weighted by atomic mass is 10.1. The molecule has 23 heavy (non-hydrogen) atoms. The van der Waals surface area contributed by atoms with Gasteiger partial charge in [-0.1, -0.05) is 6.07 Å². The summed E-state index contributed by atoms with van der Waals surface area (Å²) in [7, 11) is 1.79. The molecular weight excluding hydrogens is 318 g/mol. The van der Waals surface area contributed by atoms with Crippen LogP contribution in [-0.4, -0.2) is 40.3 Å². The second kappa shape index (κ2) is 5.90. The molecule has 1 aliphatic heterocycles. The highest BCUT2D eigenvalue weighted by Crippen LogP contribution is 2.30. The Kier molecular flexibility index (Phi) is 3.93. The van der Waals surface area contributed by atoms with Crippen LogP contribution in [0.4, 0.5) is 5.69 Å². The van der Waals surface area contributed by atoms with E-state index in [9.17, 15) is 19.7 Å². The summed E-state index contributed by atoms with van der Waals surface area (Å²) in [5.74, 6) is -1.11. The van der Waals surface area contributed by atoms with Crippen LogP contribution in [0.2, 0.25) is 0 Å². The molecule has 0 unspecified atom stereocenters. The van der Waals surface area contributed by atoms with E-state index in [0.717, 1.165) is 10.5 Å². The number of thiophene rings is 1. The number of benzene rings is 1. The molecule has 2 aromatic rings. The first-order chi connectivity index (χ1) is 11.0. The van der Waals surface area contributed by atoms with E-state index in [1.54, 1.807) is 18.4 Å². The van der Waals surface area contributed by atoms with Crippen molar-refractivity contribution in [3.05, 3.63) is 61.8 Å². The summed E-state index contributed by atoms with van der Waals surface area (Å²) in [4.78, 5) is 38.1. The predicted octanol–water partition coefficient (Wildman–Crippen LogP) is 2.34. The van der Waals surface area contributed by atoms with Gasteiger partial charge in [0.2, 0.25) is 0 Å². The van der Waals surface area contributed by atoms with Gasteiger partial charge in [-0.25, -0.2) is 0 Å². The SMILES string of the molecule is CN(Cc1ccsc1)CN1C(=O)c2cccc([N+](=O)[O-])c2C1=O. The Balaban J connectivity index is 1.83. The van der Waals surface area contributed by atoms with Crippen molar-refractivity contribution >= 4 is 28.8 Å². The molecule has 2 amide bonds. The van der Waals surface area contributed by atoms with Crippen molar-refractivity contribution in [1.29, 1.82) is 0 Å². The zero-order chi connectivity index (χ0) is 16.6. The quantitative estimate of drug-likeness (QED) is 0.477. The van der Waals surface area contributed by atoms with E-state index < -0.39 is 16.7 Å². The van der Waals surface area contributed by atoms with Crippen LogP contribution in [0.25, 0.3) is 0 Å². The van der Waals surface area contributed by atoms with E-state index in [2.05, 4.69) is 0 Å². The molecule has 7 nitrogen and oxygen atoms in total. The Labute approximate surface area is 135 Å². The predicted molar refractivity (Wildman–Crippen MR) is 84.2 cm³/mol. The molecule has 0 bridgehead atoms. The average Bonchev–Trinajstić information content (AvgIpc) is 3.10. The minimum absolute atomic E-state index is 0.0827. The second-order valence-corrected chi connectivity index (χ2v) is 6.06. The molecule has 0 aliphatic carbocycles. The molecule has 8 heteroatoms. The number of nitro benzene ring substituents is 1. The van der Waals surface area contributed by atoms with Gasteiger partial charge >= 0.3 is 0 Å². The van der Waals surface area contributed by atoms with Crippen LogP contribution in [-0.2, 0) is 6.54 Å². The summed E-state index contributed by atoms with van der Waals surface area (Å²) in [5.41, 5.74) is 0.725. The molecule has 0 N–H and O–H groups in total. The minimum Gasteiger partial charge on any atom is -0.284 e. The third-order valence-electron chi connectivity index (χ3n) is 3.59. The van der Waals surface area contributed by atoms with Crippen LogP contribution in [0.15, 0.2) is 35.0 Å². The van der Waals surface area contributed by atoms with Gasteiger partial charge < -0.3 is 0 Å². The summed E-state index contributed by atoms with van der Waals surface area (Å²) in [6.45, 7) is 0.665.